The van der Waals surface area contributed by atoms with Crippen molar-refractivity contribution in [1.29, 1.82) is 0 Å². The summed E-state index contributed by atoms with van der Waals surface area (Å²) in [7, 11) is 0. The fourth-order valence-corrected chi connectivity index (χ4v) is 5.32. The summed E-state index contributed by atoms with van der Waals surface area (Å²) in [4.78, 5) is 49.9. The van der Waals surface area contributed by atoms with E-state index in [-0.39, 0.29) is 17.4 Å². The fourth-order valence-electron chi connectivity index (χ4n) is 4.23. The number of hydrogen-bond donors (Lipinski definition) is 4. The number of anilines is 2. The van der Waals surface area contributed by atoms with Gasteiger partial charge in [-0.05, 0) is 54.8 Å². The van der Waals surface area contributed by atoms with Crippen LogP contribution in [0.2, 0.25) is 0 Å². The summed E-state index contributed by atoms with van der Waals surface area (Å²) in [5.41, 5.74) is 1.68. The molecule has 0 aliphatic heterocycles. The maximum atomic E-state index is 13.4. The minimum Gasteiger partial charge on any atom is -0.481 e. The Balaban J connectivity index is 1.53. The summed E-state index contributed by atoms with van der Waals surface area (Å²) >= 11 is 1.28. The molecule has 3 aromatic rings. The van der Waals surface area contributed by atoms with Gasteiger partial charge in [-0.15, -0.1) is 11.8 Å². The number of nitrogens with one attached hydrogen (secondary N) is 2. The molecule has 4 rings (SSSR count). The topological polar surface area (TPSA) is 133 Å². The highest BCUT2D eigenvalue weighted by Gasteiger charge is 2.34. The number of carbonyl (C=O) groups excluding carboxylic acids is 2. The van der Waals surface area contributed by atoms with Crippen LogP contribution in [0.3, 0.4) is 0 Å². The Morgan fingerprint density at radius 1 is 0.763 bits per heavy atom. The quantitative estimate of drug-likeness (QED) is 0.213. The molecule has 4 N–H and O–H groups in total. The van der Waals surface area contributed by atoms with Gasteiger partial charge in [-0.3, -0.25) is 14.4 Å². The maximum absolute atomic E-state index is 13.4. The van der Waals surface area contributed by atoms with Crippen molar-refractivity contribution in [2.24, 2.45) is 11.8 Å². The first-order valence-electron chi connectivity index (χ1n) is 12.0. The molecule has 38 heavy (non-hydrogen) atoms. The highest BCUT2D eigenvalue weighted by molar-refractivity contribution is 8.00. The van der Waals surface area contributed by atoms with Gasteiger partial charge in [-0.1, -0.05) is 54.6 Å². The lowest BCUT2D eigenvalue weighted by molar-refractivity contribution is -0.146. The van der Waals surface area contributed by atoms with Gasteiger partial charge in [0.05, 0.1) is 17.4 Å². The van der Waals surface area contributed by atoms with E-state index < -0.39 is 29.0 Å². The largest absolute Gasteiger partial charge is 0.481 e. The van der Waals surface area contributed by atoms with Gasteiger partial charge in [-0.2, -0.15) is 0 Å². The molecular formula is C29H26N2O6S. The van der Waals surface area contributed by atoms with Crippen LogP contribution in [0, 0.1) is 11.8 Å². The number of carboxylic acids is 2. The molecule has 3 aromatic carbocycles. The molecule has 0 heterocycles. The Morgan fingerprint density at radius 3 is 2.11 bits per heavy atom. The summed E-state index contributed by atoms with van der Waals surface area (Å²) in [6.07, 6.45) is 4.28. The van der Waals surface area contributed by atoms with Crippen molar-refractivity contribution in [3.05, 3.63) is 102 Å². The lowest BCUT2D eigenvalue weighted by Gasteiger charge is -2.24. The number of aliphatic carboxylic acids is 1. The fraction of sp³-hybridized carbons (Fsp3) is 0.172. The average molecular weight is 531 g/mol. The molecule has 0 radical (unpaired) electrons. The number of hydrogen-bond acceptors (Lipinski definition) is 5. The molecular weight excluding hydrogens is 504 g/mol. The van der Waals surface area contributed by atoms with E-state index in [1.165, 1.54) is 23.9 Å². The van der Waals surface area contributed by atoms with Crippen LogP contribution < -0.4 is 10.6 Å². The van der Waals surface area contributed by atoms with E-state index in [9.17, 15) is 29.4 Å². The molecule has 8 nitrogen and oxygen atoms in total. The van der Waals surface area contributed by atoms with Crippen LogP contribution in [0.5, 0.6) is 0 Å². The number of allylic oxidation sites excluding steroid dienone is 2. The Morgan fingerprint density at radius 2 is 1.42 bits per heavy atom. The van der Waals surface area contributed by atoms with Gasteiger partial charge in [0.1, 0.15) is 5.25 Å². The van der Waals surface area contributed by atoms with E-state index >= 15 is 0 Å². The second-order valence-electron chi connectivity index (χ2n) is 8.79. The van der Waals surface area contributed by atoms with Crippen LogP contribution >= 0.6 is 11.8 Å². The first kappa shape index (κ1) is 26.7. The van der Waals surface area contributed by atoms with Gasteiger partial charge < -0.3 is 20.8 Å². The number of benzene rings is 3. The minimum absolute atomic E-state index is 0.0637. The number of rotatable bonds is 9. The van der Waals surface area contributed by atoms with Crippen molar-refractivity contribution >= 4 is 46.9 Å². The standard InChI is InChI=1S/C29H26N2O6S/c32-26(23-14-4-5-15-24(23)29(36)37)30-21-12-7-13-22(17-21)38-25(18-8-2-1-3-9-18)27(33)31-20-11-6-10-19(16-20)28(34)35/h1-13,16-17,23-25H,14-15H2,(H,30,32)(H,31,33)(H,34,35)(H,36,37). The molecule has 3 atom stereocenters. The molecule has 194 valence electrons. The van der Waals surface area contributed by atoms with Crippen LogP contribution in [-0.4, -0.2) is 34.0 Å². The maximum Gasteiger partial charge on any atom is 0.335 e. The first-order valence-corrected chi connectivity index (χ1v) is 12.8. The van der Waals surface area contributed by atoms with E-state index in [1.54, 1.807) is 36.4 Å². The number of thioether (sulfide) groups is 1. The first-order chi connectivity index (χ1) is 18.3. The van der Waals surface area contributed by atoms with Gasteiger partial charge in [-0.25, -0.2) is 4.79 Å². The summed E-state index contributed by atoms with van der Waals surface area (Å²) in [6.45, 7) is 0. The predicted molar refractivity (Wildman–Crippen MR) is 145 cm³/mol. The monoisotopic (exact) mass is 530 g/mol. The van der Waals surface area contributed by atoms with Crippen LogP contribution in [0.15, 0.2) is 95.9 Å². The Hall–Kier alpha value is -4.37. The smallest absolute Gasteiger partial charge is 0.335 e. The predicted octanol–water partition coefficient (Wildman–Crippen LogP) is 5.46. The Labute approximate surface area is 223 Å². The number of amides is 2. The third kappa shape index (κ3) is 6.68. The zero-order valence-corrected chi connectivity index (χ0v) is 21.1. The van der Waals surface area contributed by atoms with E-state index in [0.717, 1.165) is 5.56 Å². The van der Waals surface area contributed by atoms with Crippen molar-refractivity contribution < 1.29 is 29.4 Å². The molecule has 1 aliphatic carbocycles. The van der Waals surface area contributed by atoms with Crippen LogP contribution in [0.1, 0.15) is 34.0 Å². The molecule has 0 fully saturated rings. The van der Waals surface area contributed by atoms with Gasteiger partial charge in [0, 0.05) is 16.3 Å². The molecule has 3 unspecified atom stereocenters. The molecule has 0 bridgehead atoms. The molecule has 1 aliphatic rings. The van der Waals surface area contributed by atoms with Crippen molar-refractivity contribution in [2.45, 2.75) is 23.0 Å². The van der Waals surface area contributed by atoms with Crippen LogP contribution in [0.4, 0.5) is 11.4 Å². The van der Waals surface area contributed by atoms with Gasteiger partial charge in [0.2, 0.25) is 11.8 Å². The SMILES string of the molecule is O=C(O)c1cccc(NC(=O)C(Sc2cccc(NC(=O)C3CC=CCC3C(=O)O)c2)c2ccccc2)c1. The van der Waals surface area contributed by atoms with E-state index in [2.05, 4.69) is 10.6 Å². The lowest BCUT2D eigenvalue weighted by Crippen LogP contribution is -2.34. The summed E-state index contributed by atoms with van der Waals surface area (Å²) in [5.74, 6) is -4.23. The number of aromatic carboxylic acids is 1. The molecule has 2 amide bonds. The lowest BCUT2D eigenvalue weighted by atomic mass is 9.82. The van der Waals surface area contributed by atoms with E-state index in [1.807, 2.05) is 42.5 Å². The highest BCUT2D eigenvalue weighted by atomic mass is 32.2. The summed E-state index contributed by atoms with van der Waals surface area (Å²) in [6, 6.07) is 22.2. The highest BCUT2D eigenvalue weighted by Crippen LogP contribution is 2.37. The molecule has 0 saturated carbocycles. The third-order valence-electron chi connectivity index (χ3n) is 6.16. The van der Waals surface area contributed by atoms with Crippen molar-refractivity contribution in [2.75, 3.05) is 10.6 Å². The Bertz CT molecular complexity index is 1370. The second-order valence-corrected chi connectivity index (χ2v) is 9.97. The molecule has 0 spiro atoms. The average Bonchev–Trinajstić information content (AvgIpc) is 2.92. The third-order valence-corrected chi connectivity index (χ3v) is 7.41. The minimum atomic E-state index is -1.09. The van der Waals surface area contributed by atoms with E-state index in [4.69, 9.17) is 0 Å². The molecule has 0 aromatic heterocycles. The zero-order valence-electron chi connectivity index (χ0n) is 20.2. The van der Waals surface area contributed by atoms with Crippen molar-refractivity contribution in [3.63, 3.8) is 0 Å². The molecule has 0 saturated heterocycles. The second kappa shape index (κ2) is 12.2. The normalized spacial score (nSPS) is 17.3. The van der Waals surface area contributed by atoms with E-state index in [0.29, 0.717) is 29.1 Å². The zero-order chi connectivity index (χ0) is 27.1. The van der Waals surface area contributed by atoms with Gasteiger partial charge in [0.25, 0.3) is 0 Å². The van der Waals surface area contributed by atoms with Crippen LogP contribution in [-0.2, 0) is 14.4 Å². The van der Waals surface area contributed by atoms with Crippen LogP contribution in [0.25, 0.3) is 0 Å². The summed E-state index contributed by atoms with van der Waals surface area (Å²) < 4.78 is 0. The van der Waals surface area contributed by atoms with Gasteiger partial charge >= 0.3 is 11.9 Å². The van der Waals surface area contributed by atoms with Crippen molar-refractivity contribution in [1.82, 2.24) is 0 Å². The summed E-state index contributed by atoms with van der Waals surface area (Å²) in [5, 5.41) is 23.7. The van der Waals surface area contributed by atoms with Gasteiger partial charge in [0.15, 0.2) is 0 Å². The van der Waals surface area contributed by atoms with Crippen molar-refractivity contribution in [3.8, 4) is 0 Å². The molecule has 9 heteroatoms. The number of carbonyl (C=O) groups is 4. The Kier molecular flexibility index (Phi) is 8.60. The number of carboxylic acid groups (broad SMARTS) is 2.